The fourth-order valence-electron chi connectivity index (χ4n) is 8.28. The lowest BCUT2D eigenvalue weighted by molar-refractivity contribution is -0.384. The molecule has 0 unspecified atom stereocenters. The quantitative estimate of drug-likeness (QED) is 0.0374. The number of pyridine rings is 2. The van der Waals surface area contributed by atoms with Crippen LogP contribution < -0.4 is 25.0 Å². The molecule has 1 fully saturated rings. The van der Waals surface area contributed by atoms with E-state index in [1.165, 1.54) is 17.1 Å². The highest BCUT2D eigenvalue weighted by Crippen LogP contribution is 2.36. The number of carbonyl (C=O) groups excluding carboxylic acids is 2. The molecule has 0 atom stereocenters. The number of benzene rings is 4. The summed E-state index contributed by atoms with van der Waals surface area (Å²) in [6.45, 7) is 7.15. The summed E-state index contributed by atoms with van der Waals surface area (Å²) in [4.78, 5) is 63.1. The Morgan fingerprint density at radius 1 is 0.632 bits per heavy atom. The summed E-state index contributed by atoms with van der Waals surface area (Å²) in [5, 5.41) is 39.8. The van der Waals surface area contributed by atoms with Crippen LogP contribution in [0, 0.1) is 34.1 Å². The first-order chi connectivity index (χ1) is 36.5. The molecule has 0 spiro atoms. The fourth-order valence-corrected chi connectivity index (χ4v) is 9.06. The number of nitro groups is 2. The molecule has 0 amide bonds. The molecule has 0 aliphatic carbocycles. The third kappa shape index (κ3) is 12.3. The van der Waals surface area contributed by atoms with Gasteiger partial charge < -0.3 is 29.9 Å². The van der Waals surface area contributed by atoms with Gasteiger partial charge in [-0.15, -0.1) is 10.2 Å². The van der Waals surface area contributed by atoms with Crippen LogP contribution in [0.2, 0.25) is 10.0 Å². The minimum atomic E-state index is -0.499. The lowest BCUT2D eigenvalue weighted by atomic mass is 10.0. The average Bonchev–Trinajstić information content (AvgIpc) is 3.90. The van der Waals surface area contributed by atoms with Crippen LogP contribution in [0.15, 0.2) is 126 Å². The molecule has 20 nitrogen and oxygen atoms in total. The average molecular weight is 1130 g/mol. The highest BCUT2D eigenvalue weighted by molar-refractivity contribution is 9.10. The molecular formula is C53H49BrCl2N12O8. The van der Waals surface area contributed by atoms with Crippen LogP contribution in [0.3, 0.4) is 0 Å². The Kier molecular flexibility index (Phi) is 17.0. The summed E-state index contributed by atoms with van der Waals surface area (Å²) in [6, 6.07) is 31.4. The first kappa shape index (κ1) is 54.0. The summed E-state index contributed by atoms with van der Waals surface area (Å²) >= 11 is 15.9. The Morgan fingerprint density at radius 3 is 1.47 bits per heavy atom. The number of nitrogens with one attached hydrogen (secondary N) is 2. The molecule has 1 aliphatic rings. The number of piperazine rings is 1. The summed E-state index contributed by atoms with van der Waals surface area (Å²) in [5.41, 5.74) is 3.83. The molecule has 0 saturated carbocycles. The van der Waals surface area contributed by atoms with E-state index in [1.54, 1.807) is 93.4 Å². The van der Waals surface area contributed by atoms with Crippen molar-refractivity contribution in [1.29, 1.82) is 0 Å². The third-order valence-corrected chi connectivity index (χ3v) is 13.6. The normalized spacial score (nSPS) is 12.3. The van der Waals surface area contributed by atoms with Crippen molar-refractivity contribution in [1.82, 2.24) is 34.4 Å². The Balaban J connectivity index is 0.000000204. The Morgan fingerprint density at radius 2 is 1.05 bits per heavy atom. The molecule has 9 rings (SSSR count). The molecule has 390 valence electrons. The van der Waals surface area contributed by atoms with Crippen molar-refractivity contribution in [3.63, 3.8) is 0 Å². The third-order valence-electron chi connectivity index (χ3n) is 12.5. The second-order valence-electron chi connectivity index (χ2n) is 17.4. The molecule has 1 aliphatic heterocycles. The van der Waals surface area contributed by atoms with Gasteiger partial charge in [-0.1, -0.05) is 71.7 Å². The number of rotatable bonds is 17. The molecule has 0 radical (unpaired) electrons. The standard InChI is InChI=1S/C29H30ClN7O4.C24H19BrClN5O4/c1-19-27(37(39)40)29(33-36(19)18-20-8-10-21(41-3)11-9-20)32-25-16-26(35-14-12-34(2)13-15-35)31-17-23(25)28(38)22-6-4-5-7-24(22)30;1-14-22(31(33)34)24(29-30(14)13-15-7-9-16(35-2)10-8-15)28-20-11-21(25)27-12-18(20)23(32)17-5-3-4-6-19(17)26/h4-11,16-17H,12-15,18H2,1-3H3,(H,31,32,33);3-12H,13H2,1-2H3,(H,27,28,29). The van der Waals surface area contributed by atoms with E-state index in [0.29, 0.717) is 68.4 Å². The SMILES string of the molecule is COc1ccc(Cn2nc(Nc3cc(Br)ncc3C(=O)c3ccccc3Cl)c([N+](=O)[O-])c2C)cc1.COc1ccc(Cn2nc(Nc3cc(N4CCN(C)CC4)ncc3C(=O)c3ccccc3Cl)c([N+](=O)[O-])c2C)cc1. The smallest absolute Gasteiger partial charge is 0.334 e. The first-order valence-electron chi connectivity index (χ1n) is 23.4. The maximum absolute atomic E-state index is 13.6. The lowest BCUT2D eigenvalue weighted by Gasteiger charge is -2.33. The van der Waals surface area contributed by atoms with Crippen molar-refractivity contribution >= 4 is 90.9 Å². The number of ketones is 2. The van der Waals surface area contributed by atoms with Crippen molar-refractivity contribution in [2.45, 2.75) is 26.9 Å². The molecule has 0 bridgehead atoms. The van der Waals surface area contributed by atoms with Gasteiger partial charge in [-0.2, -0.15) is 0 Å². The van der Waals surface area contributed by atoms with E-state index in [1.807, 2.05) is 48.5 Å². The Labute approximate surface area is 454 Å². The maximum Gasteiger partial charge on any atom is 0.334 e. The largest absolute Gasteiger partial charge is 0.497 e. The van der Waals surface area contributed by atoms with E-state index < -0.39 is 9.85 Å². The minimum absolute atomic E-state index is 0.00678. The summed E-state index contributed by atoms with van der Waals surface area (Å²) < 4.78 is 13.9. The van der Waals surface area contributed by atoms with Crippen molar-refractivity contribution in [3.05, 3.63) is 201 Å². The number of nitrogens with zero attached hydrogens (tertiary/aromatic N) is 10. The van der Waals surface area contributed by atoms with E-state index in [0.717, 1.165) is 37.3 Å². The minimum Gasteiger partial charge on any atom is -0.497 e. The van der Waals surface area contributed by atoms with Gasteiger partial charge in [0.1, 0.15) is 33.3 Å². The van der Waals surface area contributed by atoms with Crippen LogP contribution in [0.5, 0.6) is 11.5 Å². The van der Waals surface area contributed by atoms with Gasteiger partial charge in [0.15, 0.2) is 11.6 Å². The number of likely N-dealkylation sites (N-methyl/N-ethyl adjacent to an activating group) is 1. The number of methoxy groups -OCH3 is 2. The maximum atomic E-state index is 13.6. The highest BCUT2D eigenvalue weighted by atomic mass is 79.9. The number of carbonyl (C=O) groups is 2. The number of anilines is 5. The monoisotopic (exact) mass is 1130 g/mol. The molecule has 1 saturated heterocycles. The summed E-state index contributed by atoms with van der Waals surface area (Å²) in [7, 11) is 5.23. The predicted octanol–water partition coefficient (Wildman–Crippen LogP) is 10.9. The van der Waals surface area contributed by atoms with Gasteiger partial charge in [0, 0.05) is 55.8 Å². The zero-order valence-electron chi connectivity index (χ0n) is 41.7. The van der Waals surface area contributed by atoms with Crippen LogP contribution >= 0.6 is 39.1 Å². The topological polar surface area (TPSA) is 231 Å². The van der Waals surface area contributed by atoms with Crippen molar-refractivity contribution in [2.75, 3.05) is 63.0 Å². The molecule has 4 aromatic heterocycles. The molecule has 5 heterocycles. The number of ether oxygens (including phenoxy) is 2. The zero-order valence-corrected chi connectivity index (χ0v) is 44.8. The second-order valence-corrected chi connectivity index (χ2v) is 19.0. The molecule has 4 aromatic carbocycles. The fraction of sp³-hybridized carbons (Fsp3) is 0.208. The number of halogens is 3. The first-order valence-corrected chi connectivity index (χ1v) is 25.0. The summed E-state index contributed by atoms with van der Waals surface area (Å²) in [6.07, 6.45) is 2.87. The van der Waals surface area contributed by atoms with Gasteiger partial charge in [-0.3, -0.25) is 39.2 Å². The molecule has 76 heavy (non-hydrogen) atoms. The van der Waals surface area contributed by atoms with Gasteiger partial charge in [0.05, 0.1) is 69.7 Å². The molecular weight excluding hydrogens is 1080 g/mol. The summed E-state index contributed by atoms with van der Waals surface area (Å²) in [5.74, 6) is 1.38. The van der Waals surface area contributed by atoms with Gasteiger partial charge in [0.2, 0.25) is 11.6 Å². The van der Waals surface area contributed by atoms with E-state index in [2.05, 4.69) is 63.6 Å². The van der Waals surface area contributed by atoms with E-state index >= 15 is 0 Å². The second kappa shape index (κ2) is 24.0. The van der Waals surface area contributed by atoms with Crippen LogP contribution in [-0.2, 0) is 13.1 Å². The van der Waals surface area contributed by atoms with Crippen LogP contribution in [0.1, 0.15) is 54.4 Å². The lowest BCUT2D eigenvalue weighted by Crippen LogP contribution is -2.44. The molecule has 8 aromatic rings. The van der Waals surface area contributed by atoms with Gasteiger partial charge in [-0.25, -0.2) is 9.97 Å². The zero-order chi connectivity index (χ0) is 54.2. The number of aromatic nitrogens is 6. The Hall–Kier alpha value is -8.24. The van der Waals surface area contributed by atoms with Crippen molar-refractivity contribution in [2.24, 2.45) is 0 Å². The number of hydrogen-bond acceptors (Lipinski definition) is 16. The van der Waals surface area contributed by atoms with Gasteiger partial charge >= 0.3 is 11.4 Å². The highest BCUT2D eigenvalue weighted by Gasteiger charge is 2.30. The van der Waals surface area contributed by atoms with Crippen molar-refractivity contribution < 1.29 is 28.9 Å². The van der Waals surface area contributed by atoms with E-state index in [4.69, 9.17) is 32.7 Å². The van der Waals surface area contributed by atoms with Gasteiger partial charge in [0.25, 0.3) is 0 Å². The molecule has 2 N–H and O–H groups in total. The van der Waals surface area contributed by atoms with Gasteiger partial charge in [-0.05, 0) is 103 Å². The predicted molar refractivity (Wildman–Crippen MR) is 294 cm³/mol. The van der Waals surface area contributed by atoms with Crippen LogP contribution in [0.25, 0.3) is 0 Å². The van der Waals surface area contributed by atoms with Crippen LogP contribution in [-0.4, -0.2) is 103 Å². The van der Waals surface area contributed by atoms with Crippen molar-refractivity contribution in [3.8, 4) is 11.5 Å². The molecule has 23 heteroatoms. The number of hydrogen-bond donors (Lipinski definition) is 2. The van der Waals surface area contributed by atoms with Crippen LogP contribution in [0.4, 0.5) is 40.2 Å². The van der Waals surface area contributed by atoms with E-state index in [-0.39, 0.29) is 56.3 Å². The van der Waals surface area contributed by atoms with E-state index in [9.17, 15) is 29.8 Å². The Bertz CT molecular complexity index is 3460.